The lowest BCUT2D eigenvalue weighted by Gasteiger charge is -2.13. The number of aliphatic carboxylic acids is 1. The van der Waals surface area contributed by atoms with Gasteiger partial charge in [-0.3, -0.25) is 4.79 Å². The Hall–Kier alpha value is -3.36. The Bertz CT molecular complexity index is 1400. The minimum atomic E-state index is -3.00. The molecule has 7 nitrogen and oxygen atoms in total. The molecule has 5 rings (SSSR count). The second-order valence-electron chi connectivity index (χ2n) is 9.78. The summed E-state index contributed by atoms with van der Waals surface area (Å²) >= 11 is 0. The highest BCUT2D eigenvalue weighted by atomic mass is 32.2. The Labute approximate surface area is 216 Å². The largest absolute Gasteiger partial charge is 0.494 e. The van der Waals surface area contributed by atoms with Gasteiger partial charge >= 0.3 is 5.97 Å². The zero-order chi connectivity index (χ0) is 26.0. The van der Waals surface area contributed by atoms with Gasteiger partial charge in [0.05, 0.1) is 31.5 Å². The molecule has 1 aliphatic heterocycles. The van der Waals surface area contributed by atoms with Crippen LogP contribution in [0.3, 0.4) is 0 Å². The van der Waals surface area contributed by atoms with E-state index in [0.29, 0.717) is 45.0 Å². The fourth-order valence-electron chi connectivity index (χ4n) is 4.73. The van der Waals surface area contributed by atoms with Crippen molar-refractivity contribution in [2.75, 3.05) is 18.6 Å². The molecule has 0 amide bonds. The highest BCUT2D eigenvalue weighted by molar-refractivity contribution is 7.90. The number of carboxylic acids is 1. The fraction of sp³-hybridized carbons (Fsp3) is 0.345. The van der Waals surface area contributed by atoms with Crippen LogP contribution in [0.15, 0.2) is 60.7 Å². The van der Waals surface area contributed by atoms with Gasteiger partial charge in [0, 0.05) is 6.26 Å². The maximum atomic E-state index is 11.3. The number of hydrogen-bond donors (Lipinski definition) is 1. The SMILES string of the molecule is CS(=O)(=O)CCCOc1ccc2c(c1)COCc1ccc(COc3ccc(C4CC4C(=O)O)cc3)cc1-2. The standard InChI is InChI=1S/C29H30O7S/c1-37(32,33)12-2-11-35-24-9-10-25-22(14-24)18-34-17-21-4-3-19(13-26(21)25)16-36-23-7-5-20(6-8-23)27-15-28(27)29(30)31/h3-10,13-14,27-28H,2,11-12,15-18H2,1H3,(H,30,31). The first kappa shape index (κ1) is 25.3. The van der Waals surface area contributed by atoms with E-state index < -0.39 is 15.8 Å². The van der Waals surface area contributed by atoms with Gasteiger partial charge in [-0.1, -0.05) is 30.3 Å². The third kappa shape index (κ3) is 6.32. The van der Waals surface area contributed by atoms with E-state index in [9.17, 15) is 13.2 Å². The predicted octanol–water partition coefficient (Wildman–Crippen LogP) is 4.96. The van der Waals surface area contributed by atoms with Gasteiger partial charge in [0.2, 0.25) is 0 Å². The van der Waals surface area contributed by atoms with Crippen LogP contribution in [0.4, 0.5) is 0 Å². The zero-order valence-corrected chi connectivity index (χ0v) is 21.5. The minimum absolute atomic E-state index is 0.106. The molecule has 2 aliphatic rings. The lowest BCUT2D eigenvalue weighted by molar-refractivity contribution is -0.138. The number of carboxylic acid groups (broad SMARTS) is 1. The predicted molar refractivity (Wildman–Crippen MR) is 139 cm³/mol. The Morgan fingerprint density at radius 1 is 0.946 bits per heavy atom. The van der Waals surface area contributed by atoms with Crippen LogP contribution in [0, 0.1) is 5.92 Å². The van der Waals surface area contributed by atoms with Crippen molar-refractivity contribution in [2.45, 2.75) is 38.6 Å². The van der Waals surface area contributed by atoms with E-state index in [1.165, 1.54) is 6.26 Å². The summed E-state index contributed by atoms with van der Waals surface area (Å²) in [5.41, 5.74) is 6.38. The fourth-order valence-corrected chi connectivity index (χ4v) is 5.37. The molecule has 0 saturated heterocycles. The molecule has 3 aromatic carbocycles. The number of ether oxygens (including phenoxy) is 3. The summed E-state index contributed by atoms with van der Waals surface area (Å²) in [6, 6.07) is 19.9. The van der Waals surface area contributed by atoms with Crippen molar-refractivity contribution in [3.05, 3.63) is 82.9 Å². The first-order valence-electron chi connectivity index (χ1n) is 12.4. The molecular formula is C29H30O7S. The third-order valence-corrected chi connectivity index (χ3v) is 7.84. The summed E-state index contributed by atoms with van der Waals surface area (Å²) in [4.78, 5) is 11.1. The van der Waals surface area contributed by atoms with Crippen molar-refractivity contribution in [3.8, 4) is 22.6 Å². The molecule has 0 bridgehead atoms. The van der Waals surface area contributed by atoms with Crippen molar-refractivity contribution in [1.82, 2.24) is 0 Å². The topological polar surface area (TPSA) is 99.1 Å². The molecule has 1 aliphatic carbocycles. The van der Waals surface area contributed by atoms with Crippen LogP contribution in [0.5, 0.6) is 11.5 Å². The number of hydrogen-bond acceptors (Lipinski definition) is 6. The molecule has 37 heavy (non-hydrogen) atoms. The van der Waals surface area contributed by atoms with E-state index >= 15 is 0 Å². The smallest absolute Gasteiger partial charge is 0.307 e. The Morgan fingerprint density at radius 3 is 2.43 bits per heavy atom. The Balaban J connectivity index is 1.25. The third-order valence-electron chi connectivity index (χ3n) is 6.81. The lowest BCUT2D eigenvalue weighted by Crippen LogP contribution is -2.08. The molecular weight excluding hydrogens is 492 g/mol. The van der Waals surface area contributed by atoms with Crippen molar-refractivity contribution < 1.29 is 32.5 Å². The van der Waals surface area contributed by atoms with E-state index in [-0.39, 0.29) is 17.6 Å². The van der Waals surface area contributed by atoms with Crippen LogP contribution in [-0.2, 0) is 39.2 Å². The molecule has 1 heterocycles. The maximum absolute atomic E-state index is 11.3. The van der Waals surface area contributed by atoms with Crippen molar-refractivity contribution in [3.63, 3.8) is 0 Å². The van der Waals surface area contributed by atoms with Crippen LogP contribution in [0.1, 0.15) is 41.0 Å². The van der Waals surface area contributed by atoms with Gasteiger partial charge in [0.15, 0.2) is 0 Å². The Morgan fingerprint density at radius 2 is 1.70 bits per heavy atom. The molecule has 0 aromatic heterocycles. The van der Waals surface area contributed by atoms with E-state index in [1.54, 1.807) is 0 Å². The number of sulfone groups is 1. The molecule has 1 saturated carbocycles. The molecule has 1 N–H and O–H groups in total. The molecule has 194 valence electrons. The zero-order valence-electron chi connectivity index (χ0n) is 20.7. The van der Waals surface area contributed by atoms with Crippen LogP contribution < -0.4 is 9.47 Å². The molecule has 1 fully saturated rings. The second-order valence-corrected chi connectivity index (χ2v) is 12.0. The van der Waals surface area contributed by atoms with Crippen LogP contribution in [-0.4, -0.2) is 38.1 Å². The van der Waals surface area contributed by atoms with Gasteiger partial charge in [-0.2, -0.15) is 0 Å². The summed E-state index contributed by atoms with van der Waals surface area (Å²) in [7, 11) is -3.00. The first-order valence-corrected chi connectivity index (χ1v) is 14.4. The average molecular weight is 523 g/mol. The first-order chi connectivity index (χ1) is 17.8. The molecule has 8 heteroatoms. The second kappa shape index (κ2) is 10.6. The minimum Gasteiger partial charge on any atom is -0.494 e. The number of fused-ring (bicyclic) bond motifs is 3. The number of carbonyl (C=O) groups is 1. The van der Waals surface area contributed by atoms with Crippen molar-refractivity contribution in [2.24, 2.45) is 5.92 Å². The molecule has 2 atom stereocenters. The van der Waals surface area contributed by atoms with Gasteiger partial charge in [0.1, 0.15) is 27.9 Å². The van der Waals surface area contributed by atoms with E-state index in [4.69, 9.17) is 19.3 Å². The van der Waals surface area contributed by atoms with Gasteiger partial charge in [-0.25, -0.2) is 8.42 Å². The van der Waals surface area contributed by atoms with E-state index in [1.807, 2.05) is 48.5 Å². The van der Waals surface area contributed by atoms with Gasteiger partial charge < -0.3 is 19.3 Å². The maximum Gasteiger partial charge on any atom is 0.307 e. The number of rotatable bonds is 10. The number of benzene rings is 3. The van der Waals surface area contributed by atoms with Crippen LogP contribution >= 0.6 is 0 Å². The van der Waals surface area contributed by atoms with E-state index in [2.05, 4.69) is 12.1 Å². The normalized spacial score (nSPS) is 18.3. The van der Waals surface area contributed by atoms with Crippen molar-refractivity contribution >= 4 is 15.8 Å². The quantitative estimate of drug-likeness (QED) is 0.376. The van der Waals surface area contributed by atoms with E-state index in [0.717, 1.165) is 39.1 Å². The summed E-state index contributed by atoms with van der Waals surface area (Å²) in [5, 5.41) is 9.14. The summed E-state index contributed by atoms with van der Waals surface area (Å²) in [6.45, 7) is 1.72. The monoisotopic (exact) mass is 522 g/mol. The molecule has 2 unspecified atom stereocenters. The highest BCUT2D eigenvalue weighted by Gasteiger charge is 2.44. The van der Waals surface area contributed by atoms with Gasteiger partial charge in [-0.15, -0.1) is 0 Å². The Kier molecular flexibility index (Phi) is 7.22. The van der Waals surface area contributed by atoms with Crippen LogP contribution in [0.2, 0.25) is 0 Å². The molecule has 0 spiro atoms. The summed E-state index contributed by atoms with van der Waals surface area (Å²) < 4.78 is 40.3. The highest BCUT2D eigenvalue weighted by Crippen LogP contribution is 2.47. The average Bonchev–Trinajstić information content (AvgIpc) is 3.69. The van der Waals surface area contributed by atoms with Gasteiger partial charge in [-0.05, 0) is 82.5 Å². The molecule has 0 radical (unpaired) electrons. The summed E-state index contributed by atoms with van der Waals surface area (Å²) in [6.07, 6.45) is 2.38. The molecule has 3 aromatic rings. The van der Waals surface area contributed by atoms with Gasteiger partial charge in [0.25, 0.3) is 0 Å². The van der Waals surface area contributed by atoms with Crippen molar-refractivity contribution in [1.29, 1.82) is 0 Å². The summed E-state index contributed by atoms with van der Waals surface area (Å²) in [5.74, 6) is 0.664. The lowest BCUT2D eigenvalue weighted by atomic mass is 9.95. The van der Waals surface area contributed by atoms with Crippen LogP contribution in [0.25, 0.3) is 11.1 Å².